The number of Topliss-reactive ketones (excluding diaryl/α,β-unsaturated/α-hetero) is 1. The van der Waals surface area contributed by atoms with Crippen molar-refractivity contribution in [3.63, 3.8) is 0 Å². The maximum absolute atomic E-state index is 11.5. The van der Waals surface area contributed by atoms with Crippen molar-refractivity contribution in [1.29, 1.82) is 0 Å². The number of hydrogen-bond donors (Lipinski definition) is 0. The number of ether oxygens (including phenoxy) is 1. The minimum atomic E-state index is -1.23. The summed E-state index contributed by atoms with van der Waals surface area (Å²) in [5, 5.41) is 7.89. The molecule has 6 heteroatoms. The fourth-order valence-corrected chi connectivity index (χ4v) is 1.34. The third kappa shape index (κ3) is 3.92. The molecule has 0 aliphatic heterocycles. The summed E-state index contributed by atoms with van der Waals surface area (Å²) in [5.41, 5.74) is 0.398. The molecule has 5 nitrogen and oxygen atoms in total. The lowest BCUT2D eigenvalue weighted by Crippen LogP contribution is -2.28. The van der Waals surface area contributed by atoms with Crippen molar-refractivity contribution in [3.05, 3.63) is 29.3 Å². The Morgan fingerprint density at radius 3 is 2.61 bits per heavy atom. The number of benzene rings is 1. The van der Waals surface area contributed by atoms with Crippen LogP contribution in [0.2, 0.25) is 5.02 Å². The Balaban J connectivity index is 2.88. The van der Waals surface area contributed by atoms with Crippen molar-refractivity contribution >= 4 is 29.0 Å². The van der Waals surface area contributed by atoms with Crippen molar-refractivity contribution in [2.24, 2.45) is 10.2 Å². The second-order valence-electron chi connectivity index (χ2n) is 3.43. The summed E-state index contributed by atoms with van der Waals surface area (Å²) in [6.07, 6.45) is 0. The minimum Gasteiger partial charge on any atom is -0.464 e. The molecule has 0 heterocycles. The highest BCUT2D eigenvalue weighted by Gasteiger charge is 2.24. The van der Waals surface area contributed by atoms with Crippen molar-refractivity contribution in [3.8, 4) is 0 Å². The van der Waals surface area contributed by atoms with Crippen LogP contribution in [0, 0.1) is 0 Å². The molecule has 0 radical (unpaired) electrons. The molecule has 1 aromatic carbocycles. The van der Waals surface area contributed by atoms with Crippen LogP contribution in [0.15, 0.2) is 34.5 Å². The monoisotopic (exact) mass is 268 g/mol. The lowest BCUT2D eigenvalue weighted by Gasteiger charge is -2.06. The maximum atomic E-state index is 11.5. The third-order valence-corrected chi connectivity index (χ3v) is 2.35. The molecule has 1 rings (SSSR count). The van der Waals surface area contributed by atoms with E-state index >= 15 is 0 Å². The predicted molar refractivity (Wildman–Crippen MR) is 67.1 cm³/mol. The van der Waals surface area contributed by atoms with E-state index < -0.39 is 17.8 Å². The average molecular weight is 269 g/mol. The van der Waals surface area contributed by atoms with Crippen molar-refractivity contribution < 1.29 is 14.3 Å². The third-order valence-electron chi connectivity index (χ3n) is 2.03. The SMILES string of the molecule is CCOC(=O)C(N=Nc1ccccc1Cl)C(C)=O. The molecule has 0 spiro atoms. The Kier molecular flexibility index (Phi) is 5.45. The van der Waals surface area contributed by atoms with Gasteiger partial charge in [-0.15, -0.1) is 0 Å². The molecule has 96 valence electrons. The van der Waals surface area contributed by atoms with Gasteiger partial charge in [0.1, 0.15) is 5.69 Å². The first-order valence-electron chi connectivity index (χ1n) is 5.38. The van der Waals surface area contributed by atoms with E-state index in [1.54, 1.807) is 31.2 Å². The molecule has 1 atom stereocenters. The Hall–Kier alpha value is -1.75. The molecule has 0 bridgehead atoms. The molecule has 1 unspecified atom stereocenters. The van der Waals surface area contributed by atoms with Crippen molar-refractivity contribution in [2.45, 2.75) is 19.9 Å². The first-order chi connectivity index (χ1) is 8.56. The number of nitrogens with zero attached hydrogens (tertiary/aromatic N) is 2. The molecule has 0 aliphatic rings. The van der Waals surface area contributed by atoms with Gasteiger partial charge in [0.2, 0.25) is 6.04 Å². The summed E-state index contributed by atoms with van der Waals surface area (Å²) >= 11 is 5.87. The maximum Gasteiger partial charge on any atom is 0.340 e. The smallest absolute Gasteiger partial charge is 0.340 e. The summed E-state index contributed by atoms with van der Waals surface area (Å²) in [5.74, 6) is -1.13. The molecule has 0 aromatic heterocycles. The number of halogens is 1. The number of azo groups is 1. The summed E-state index contributed by atoms with van der Waals surface area (Å²) in [6, 6.07) is 5.51. The van der Waals surface area contributed by atoms with Gasteiger partial charge in [0.25, 0.3) is 0 Å². The van der Waals surface area contributed by atoms with Crippen molar-refractivity contribution in [2.75, 3.05) is 6.61 Å². The van der Waals surface area contributed by atoms with Crippen LogP contribution in [0.4, 0.5) is 5.69 Å². The molecule has 0 saturated carbocycles. The summed E-state index contributed by atoms with van der Waals surface area (Å²) in [4.78, 5) is 22.7. The van der Waals surface area contributed by atoms with Gasteiger partial charge in [-0.3, -0.25) is 4.79 Å². The number of ketones is 1. The van der Waals surface area contributed by atoms with Crippen LogP contribution in [0.1, 0.15) is 13.8 Å². The molecular weight excluding hydrogens is 256 g/mol. The lowest BCUT2D eigenvalue weighted by atomic mass is 10.2. The second-order valence-corrected chi connectivity index (χ2v) is 3.84. The quantitative estimate of drug-likeness (QED) is 0.468. The minimum absolute atomic E-state index is 0.185. The number of rotatable bonds is 5. The fraction of sp³-hybridized carbons (Fsp3) is 0.333. The standard InChI is InChI=1S/C12H13ClN2O3/c1-3-18-12(17)11(8(2)16)15-14-10-7-5-4-6-9(10)13/h4-7,11H,3H2,1-2H3. The van der Waals surface area contributed by atoms with E-state index in [4.69, 9.17) is 16.3 Å². The zero-order valence-electron chi connectivity index (χ0n) is 10.1. The van der Waals surface area contributed by atoms with Gasteiger partial charge >= 0.3 is 5.97 Å². The highest BCUT2D eigenvalue weighted by atomic mass is 35.5. The first-order valence-corrected chi connectivity index (χ1v) is 5.76. The van der Waals surface area contributed by atoms with Gasteiger partial charge in [-0.25, -0.2) is 4.79 Å². The average Bonchev–Trinajstić information content (AvgIpc) is 2.31. The normalized spacial score (nSPS) is 12.4. The first kappa shape index (κ1) is 14.3. The molecule has 0 N–H and O–H groups in total. The molecule has 18 heavy (non-hydrogen) atoms. The molecule has 0 aliphatic carbocycles. The van der Waals surface area contributed by atoms with Gasteiger partial charge in [-0.1, -0.05) is 23.7 Å². The van der Waals surface area contributed by atoms with Gasteiger partial charge in [0, 0.05) is 0 Å². The van der Waals surface area contributed by atoms with Crippen LogP contribution in [-0.4, -0.2) is 24.4 Å². The molecular formula is C12H13ClN2O3. The largest absolute Gasteiger partial charge is 0.464 e. The topological polar surface area (TPSA) is 68.1 Å². The second kappa shape index (κ2) is 6.86. The van der Waals surface area contributed by atoms with E-state index in [0.717, 1.165) is 0 Å². The van der Waals surface area contributed by atoms with E-state index in [1.165, 1.54) is 6.92 Å². The van der Waals surface area contributed by atoms with Crippen LogP contribution in [-0.2, 0) is 14.3 Å². The van der Waals surface area contributed by atoms with E-state index in [0.29, 0.717) is 10.7 Å². The zero-order valence-corrected chi connectivity index (χ0v) is 10.8. The molecule has 0 fully saturated rings. The molecule has 0 amide bonds. The highest BCUT2D eigenvalue weighted by molar-refractivity contribution is 6.32. The van der Waals surface area contributed by atoms with Gasteiger partial charge in [0.05, 0.1) is 11.6 Å². The van der Waals surface area contributed by atoms with Crippen LogP contribution in [0.3, 0.4) is 0 Å². The van der Waals surface area contributed by atoms with Crippen molar-refractivity contribution in [1.82, 2.24) is 0 Å². The molecule has 0 saturated heterocycles. The summed E-state index contributed by atoms with van der Waals surface area (Å²) in [7, 11) is 0. The highest BCUT2D eigenvalue weighted by Crippen LogP contribution is 2.24. The Labute approximate surface area is 110 Å². The van der Waals surface area contributed by atoms with E-state index in [9.17, 15) is 9.59 Å². The van der Waals surface area contributed by atoms with Crippen LogP contribution >= 0.6 is 11.6 Å². The van der Waals surface area contributed by atoms with Crippen LogP contribution < -0.4 is 0 Å². The number of carbonyl (C=O) groups is 2. The van der Waals surface area contributed by atoms with E-state index in [1.807, 2.05) is 0 Å². The summed E-state index contributed by atoms with van der Waals surface area (Å²) in [6.45, 7) is 3.09. The molecule has 1 aromatic rings. The van der Waals surface area contributed by atoms with E-state index in [-0.39, 0.29) is 6.61 Å². The number of hydrogen-bond acceptors (Lipinski definition) is 5. The van der Waals surface area contributed by atoms with Gasteiger partial charge < -0.3 is 4.74 Å². The fourth-order valence-electron chi connectivity index (χ4n) is 1.17. The van der Waals surface area contributed by atoms with Gasteiger partial charge in [-0.2, -0.15) is 10.2 Å². The van der Waals surface area contributed by atoms with Gasteiger partial charge in [-0.05, 0) is 26.0 Å². The Morgan fingerprint density at radius 1 is 1.39 bits per heavy atom. The van der Waals surface area contributed by atoms with Crippen LogP contribution in [0.5, 0.6) is 0 Å². The Morgan fingerprint density at radius 2 is 2.06 bits per heavy atom. The number of esters is 1. The zero-order chi connectivity index (χ0) is 13.5. The Bertz CT molecular complexity index is 474. The summed E-state index contributed by atoms with van der Waals surface area (Å²) < 4.78 is 4.74. The lowest BCUT2D eigenvalue weighted by molar-refractivity contribution is -0.147. The number of carbonyl (C=O) groups excluding carboxylic acids is 2. The predicted octanol–water partition coefficient (Wildman–Crippen LogP) is 2.94. The van der Waals surface area contributed by atoms with Gasteiger partial charge in [0.15, 0.2) is 5.78 Å². The van der Waals surface area contributed by atoms with Crippen LogP contribution in [0.25, 0.3) is 0 Å². The van der Waals surface area contributed by atoms with E-state index in [2.05, 4.69) is 10.2 Å².